The highest BCUT2D eigenvalue weighted by Gasteiger charge is 2.10. The minimum Gasteiger partial charge on any atom is -0.493 e. The Bertz CT molecular complexity index is 801. The first kappa shape index (κ1) is 24.7. The number of benzene rings is 1. The van der Waals surface area contributed by atoms with Gasteiger partial charge in [0.15, 0.2) is 11.8 Å². The van der Waals surface area contributed by atoms with E-state index in [1.165, 1.54) is 0 Å². The molecule has 0 amide bonds. The van der Waals surface area contributed by atoms with E-state index in [4.69, 9.17) is 14.5 Å². The minimum atomic E-state index is 0.0820. The first-order valence-corrected chi connectivity index (χ1v) is 11.1. The molecule has 2 aromatic rings. The average molecular weight is 431 g/mol. The van der Waals surface area contributed by atoms with Crippen molar-refractivity contribution in [3.63, 3.8) is 0 Å². The molecule has 1 aromatic heterocycles. The van der Waals surface area contributed by atoms with E-state index in [9.17, 15) is 0 Å². The summed E-state index contributed by atoms with van der Waals surface area (Å²) in [5, 5.41) is 15.2. The molecular weight excluding hydrogens is 392 g/mol. The summed E-state index contributed by atoms with van der Waals surface area (Å²) in [4.78, 5) is 4.72. The van der Waals surface area contributed by atoms with E-state index in [-0.39, 0.29) is 6.04 Å². The summed E-state index contributed by atoms with van der Waals surface area (Å²) in [5.74, 6) is 3.84. The number of nitrogens with one attached hydrogen (secondary N) is 2. The lowest BCUT2D eigenvalue weighted by atomic mass is 10.1. The molecule has 0 bridgehead atoms. The van der Waals surface area contributed by atoms with E-state index in [0.29, 0.717) is 12.5 Å². The topological polar surface area (TPSA) is 85.6 Å². The van der Waals surface area contributed by atoms with Crippen LogP contribution in [-0.4, -0.2) is 47.1 Å². The van der Waals surface area contributed by atoms with Crippen molar-refractivity contribution in [2.45, 2.75) is 53.6 Å². The zero-order chi connectivity index (χ0) is 22.6. The first-order valence-electron chi connectivity index (χ1n) is 11.1. The van der Waals surface area contributed by atoms with Gasteiger partial charge < -0.3 is 24.7 Å². The average Bonchev–Trinajstić information content (AvgIpc) is 3.08. The van der Waals surface area contributed by atoms with Gasteiger partial charge in [0, 0.05) is 26.8 Å². The molecule has 8 heteroatoms. The van der Waals surface area contributed by atoms with Crippen molar-refractivity contribution in [3.8, 4) is 5.75 Å². The molecule has 1 unspecified atom stereocenters. The summed E-state index contributed by atoms with van der Waals surface area (Å²) in [6.45, 7) is 13.8. The van der Waals surface area contributed by atoms with Gasteiger partial charge in [-0.2, -0.15) is 0 Å². The third-order valence-electron chi connectivity index (χ3n) is 4.84. The zero-order valence-electron chi connectivity index (χ0n) is 19.8. The second-order valence-electron chi connectivity index (χ2n) is 8.00. The van der Waals surface area contributed by atoms with Gasteiger partial charge in [0.1, 0.15) is 18.1 Å². The molecule has 0 radical (unpaired) electrons. The fourth-order valence-electron chi connectivity index (χ4n) is 2.82. The van der Waals surface area contributed by atoms with Crippen molar-refractivity contribution >= 4 is 5.96 Å². The van der Waals surface area contributed by atoms with Gasteiger partial charge in [-0.3, -0.25) is 0 Å². The van der Waals surface area contributed by atoms with Crippen molar-refractivity contribution < 1.29 is 9.47 Å². The van der Waals surface area contributed by atoms with Gasteiger partial charge in [-0.1, -0.05) is 26.0 Å². The van der Waals surface area contributed by atoms with E-state index >= 15 is 0 Å². The highest BCUT2D eigenvalue weighted by molar-refractivity contribution is 5.80. The lowest BCUT2D eigenvalue weighted by molar-refractivity contribution is 0.145. The number of rotatable bonds is 12. The lowest BCUT2D eigenvalue weighted by Gasteiger charge is -2.19. The maximum absolute atomic E-state index is 5.79. The fourth-order valence-corrected chi connectivity index (χ4v) is 2.82. The monoisotopic (exact) mass is 430 g/mol. The molecule has 0 aliphatic heterocycles. The van der Waals surface area contributed by atoms with Crippen molar-refractivity contribution in [1.29, 1.82) is 0 Å². The Morgan fingerprint density at radius 1 is 1.16 bits per heavy atom. The van der Waals surface area contributed by atoms with Crippen LogP contribution in [0.1, 0.15) is 57.4 Å². The number of hydrogen-bond donors (Lipinski definition) is 2. The molecule has 8 nitrogen and oxygen atoms in total. The Labute approximate surface area is 186 Å². The number of nitrogens with zero attached hydrogens (tertiary/aromatic N) is 4. The molecule has 0 saturated heterocycles. The van der Waals surface area contributed by atoms with Crippen LogP contribution in [0.25, 0.3) is 0 Å². The quantitative estimate of drug-likeness (QED) is 0.305. The van der Waals surface area contributed by atoms with E-state index in [1.807, 2.05) is 37.6 Å². The summed E-state index contributed by atoms with van der Waals surface area (Å²) in [6.07, 6.45) is 0.911. The molecule has 0 spiro atoms. The number of aromatic nitrogens is 3. The van der Waals surface area contributed by atoms with Gasteiger partial charge in [-0.25, -0.2) is 4.99 Å². The van der Waals surface area contributed by atoms with Crippen LogP contribution in [0.5, 0.6) is 5.75 Å². The maximum Gasteiger partial charge on any atom is 0.192 e. The van der Waals surface area contributed by atoms with Crippen LogP contribution in [0.4, 0.5) is 0 Å². The molecule has 31 heavy (non-hydrogen) atoms. The summed E-state index contributed by atoms with van der Waals surface area (Å²) in [5.41, 5.74) is 1.16. The van der Waals surface area contributed by atoms with Gasteiger partial charge in [-0.05, 0) is 50.8 Å². The molecule has 2 N–H and O–H groups in total. The summed E-state index contributed by atoms with van der Waals surface area (Å²) >= 11 is 0. The minimum absolute atomic E-state index is 0.0820. The third-order valence-corrected chi connectivity index (χ3v) is 4.84. The molecule has 0 aliphatic rings. The molecule has 0 fully saturated rings. The van der Waals surface area contributed by atoms with E-state index in [2.05, 4.69) is 53.7 Å². The molecule has 1 atom stereocenters. The molecule has 0 saturated carbocycles. The number of aryl methyl sites for hydroxylation is 1. The normalized spacial score (nSPS) is 12.8. The maximum atomic E-state index is 5.79. The second-order valence-corrected chi connectivity index (χ2v) is 8.00. The number of ether oxygens (including phenoxy) is 2. The van der Waals surface area contributed by atoms with E-state index in [1.54, 1.807) is 0 Å². The zero-order valence-corrected chi connectivity index (χ0v) is 19.8. The predicted octanol–water partition coefficient (Wildman–Crippen LogP) is 3.38. The Balaban J connectivity index is 2.00. The Hall–Kier alpha value is -2.61. The Kier molecular flexibility index (Phi) is 10.3. The summed E-state index contributed by atoms with van der Waals surface area (Å²) < 4.78 is 13.2. The smallest absolute Gasteiger partial charge is 0.192 e. The van der Waals surface area contributed by atoms with Crippen molar-refractivity contribution in [2.75, 3.05) is 26.4 Å². The highest BCUT2D eigenvalue weighted by Crippen LogP contribution is 2.18. The van der Waals surface area contributed by atoms with Crippen LogP contribution in [0.2, 0.25) is 0 Å². The van der Waals surface area contributed by atoms with Gasteiger partial charge in [0.2, 0.25) is 0 Å². The molecule has 1 aromatic carbocycles. The van der Waals surface area contributed by atoms with Gasteiger partial charge in [0.25, 0.3) is 0 Å². The van der Waals surface area contributed by atoms with Gasteiger partial charge in [0.05, 0.1) is 12.6 Å². The molecule has 2 rings (SSSR count). The summed E-state index contributed by atoms with van der Waals surface area (Å²) in [7, 11) is 1.95. The van der Waals surface area contributed by atoms with Crippen molar-refractivity contribution in [2.24, 2.45) is 18.0 Å². The fraction of sp³-hybridized carbons (Fsp3) is 0.609. The van der Waals surface area contributed by atoms with Crippen LogP contribution in [0.15, 0.2) is 29.3 Å². The predicted molar refractivity (Wildman–Crippen MR) is 124 cm³/mol. The van der Waals surface area contributed by atoms with Crippen molar-refractivity contribution in [3.05, 3.63) is 41.5 Å². The number of hydrogen-bond acceptors (Lipinski definition) is 5. The highest BCUT2D eigenvalue weighted by atomic mass is 16.5. The molecule has 0 aliphatic carbocycles. The lowest BCUT2D eigenvalue weighted by Crippen LogP contribution is -2.39. The third kappa shape index (κ3) is 8.57. The Morgan fingerprint density at radius 2 is 1.90 bits per heavy atom. The number of guanidine groups is 1. The SMILES string of the molecule is CCOCCCNC(=NCc1nnc(C)n1C)NC(C)c1ccc(OCC(C)C)cc1. The molecular formula is C23H38N6O2. The van der Waals surface area contributed by atoms with Gasteiger partial charge >= 0.3 is 0 Å². The van der Waals surface area contributed by atoms with Gasteiger partial charge in [-0.15, -0.1) is 10.2 Å². The van der Waals surface area contributed by atoms with E-state index < -0.39 is 0 Å². The van der Waals surface area contributed by atoms with Crippen LogP contribution in [0.3, 0.4) is 0 Å². The van der Waals surface area contributed by atoms with Crippen LogP contribution >= 0.6 is 0 Å². The first-order chi connectivity index (χ1) is 14.9. The largest absolute Gasteiger partial charge is 0.493 e. The van der Waals surface area contributed by atoms with Crippen LogP contribution < -0.4 is 15.4 Å². The standard InChI is InChI=1S/C23H38N6O2/c1-7-30-14-8-13-24-23(25-15-22-28-27-19(5)29(22)6)26-18(4)20-9-11-21(12-10-20)31-16-17(2)3/h9-12,17-18H,7-8,13-16H2,1-6H3,(H2,24,25,26). The number of aliphatic imine (C=N–C) groups is 1. The second kappa shape index (κ2) is 12.9. The van der Waals surface area contributed by atoms with Crippen LogP contribution in [-0.2, 0) is 18.3 Å². The Morgan fingerprint density at radius 3 is 2.52 bits per heavy atom. The molecule has 1 heterocycles. The van der Waals surface area contributed by atoms with Crippen LogP contribution in [0, 0.1) is 12.8 Å². The summed E-state index contributed by atoms with van der Waals surface area (Å²) in [6, 6.07) is 8.30. The van der Waals surface area contributed by atoms with Crippen molar-refractivity contribution in [1.82, 2.24) is 25.4 Å². The van der Waals surface area contributed by atoms with E-state index in [0.717, 1.165) is 61.7 Å². The molecule has 172 valence electrons.